The van der Waals surface area contributed by atoms with Gasteiger partial charge >= 0.3 is 0 Å². The maximum absolute atomic E-state index is 11.3. The highest BCUT2D eigenvalue weighted by Crippen LogP contribution is 2.12. The van der Waals surface area contributed by atoms with Crippen molar-refractivity contribution in [3.05, 3.63) is 0 Å². The molecule has 0 aliphatic carbocycles. The molecule has 0 aromatic carbocycles. The molecule has 1 atom stereocenters. The van der Waals surface area contributed by atoms with Crippen molar-refractivity contribution in [2.75, 3.05) is 18.8 Å². The number of nitrogens with one attached hydrogen (secondary N) is 2. The predicted molar refractivity (Wildman–Crippen MR) is 65.3 cm³/mol. The Bertz CT molecular complexity index is 243. The van der Waals surface area contributed by atoms with E-state index < -0.39 is 0 Å². The molecular weight excluding hydrogens is 210 g/mol. The summed E-state index contributed by atoms with van der Waals surface area (Å²) in [5.41, 5.74) is 0. The van der Waals surface area contributed by atoms with Crippen molar-refractivity contribution in [3.63, 3.8) is 0 Å². The van der Waals surface area contributed by atoms with E-state index in [9.17, 15) is 4.79 Å². The summed E-state index contributed by atoms with van der Waals surface area (Å²) in [6.45, 7) is 5.14. The first-order valence-corrected chi connectivity index (χ1v) is 6.41. The highest BCUT2D eigenvalue weighted by atomic mass is 32.2. The molecule has 1 saturated heterocycles. The van der Waals surface area contributed by atoms with Crippen LogP contribution in [0.15, 0.2) is 4.99 Å². The number of carbonyl (C=O) groups excluding carboxylic acids is 1. The SMILES string of the molecule is CCCNC(=O)CN=C1NC(C)CCS1. The molecule has 5 heteroatoms. The normalized spacial score (nSPS) is 23.6. The molecule has 0 bridgehead atoms. The Morgan fingerprint density at radius 3 is 3.20 bits per heavy atom. The van der Waals surface area contributed by atoms with Gasteiger partial charge in [-0.1, -0.05) is 18.7 Å². The zero-order valence-electron chi connectivity index (χ0n) is 9.38. The van der Waals surface area contributed by atoms with Crippen LogP contribution in [0.3, 0.4) is 0 Å². The monoisotopic (exact) mass is 229 g/mol. The smallest absolute Gasteiger partial charge is 0.241 e. The fraction of sp³-hybridized carbons (Fsp3) is 0.800. The number of thioether (sulfide) groups is 1. The summed E-state index contributed by atoms with van der Waals surface area (Å²) < 4.78 is 0. The summed E-state index contributed by atoms with van der Waals surface area (Å²) in [5.74, 6) is 1.09. The number of nitrogens with zero attached hydrogens (tertiary/aromatic N) is 1. The van der Waals surface area contributed by atoms with Gasteiger partial charge < -0.3 is 10.6 Å². The number of hydrogen-bond acceptors (Lipinski definition) is 3. The van der Waals surface area contributed by atoms with Crippen LogP contribution in [-0.2, 0) is 4.79 Å². The molecule has 2 N–H and O–H groups in total. The molecule has 1 unspecified atom stereocenters. The van der Waals surface area contributed by atoms with E-state index >= 15 is 0 Å². The molecule has 15 heavy (non-hydrogen) atoms. The van der Waals surface area contributed by atoms with Gasteiger partial charge in [0.2, 0.25) is 5.91 Å². The first-order chi connectivity index (χ1) is 7.22. The zero-order chi connectivity index (χ0) is 11.1. The minimum atomic E-state index is 0.00461. The Morgan fingerprint density at radius 1 is 1.73 bits per heavy atom. The molecule has 1 amide bonds. The summed E-state index contributed by atoms with van der Waals surface area (Å²) in [7, 11) is 0. The molecule has 4 nitrogen and oxygen atoms in total. The molecule has 0 aromatic heterocycles. The van der Waals surface area contributed by atoms with Gasteiger partial charge in [0.1, 0.15) is 6.54 Å². The molecule has 1 aliphatic heterocycles. The van der Waals surface area contributed by atoms with E-state index in [4.69, 9.17) is 0 Å². The lowest BCUT2D eigenvalue weighted by molar-refractivity contribution is -0.119. The topological polar surface area (TPSA) is 53.5 Å². The lowest BCUT2D eigenvalue weighted by atomic mass is 10.3. The van der Waals surface area contributed by atoms with Crippen LogP contribution in [0.5, 0.6) is 0 Å². The molecular formula is C10H19N3OS. The van der Waals surface area contributed by atoms with Crippen LogP contribution >= 0.6 is 11.8 Å². The van der Waals surface area contributed by atoms with Gasteiger partial charge in [-0.15, -0.1) is 0 Å². The molecule has 1 heterocycles. The Kier molecular flexibility index (Phi) is 5.53. The second-order valence-electron chi connectivity index (χ2n) is 3.65. The van der Waals surface area contributed by atoms with Crippen molar-refractivity contribution in [1.82, 2.24) is 10.6 Å². The molecule has 0 aromatic rings. The van der Waals surface area contributed by atoms with Gasteiger partial charge in [-0.2, -0.15) is 0 Å². The molecule has 0 saturated carbocycles. The summed E-state index contributed by atoms with van der Waals surface area (Å²) >= 11 is 1.69. The largest absolute Gasteiger partial charge is 0.362 e. The Hall–Kier alpha value is -0.710. The van der Waals surface area contributed by atoms with Gasteiger partial charge in [0.15, 0.2) is 5.17 Å². The third-order valence-corrected chi connectivity index (χ3v) is 3.06. The minimum absolute atomic E-state index is 0.00461. The lowest BCUT2D eigenvalue weighted by Crippen LogP contribution is -2.36. The first-order valence-electron chi connectivity index (χ1n) is 5.43. The Balaban J connectivity index is 2.26. The van der Waals surface area contributed by atoms with Crippen molar-refractivity contribution in [1.29, 1.82) is 0 Å². The van der Waals surface area contributed by atoms with Crippen LogP contribution in [-0.4, -0.2) is 36.0 Å². The quantitative estimate of drug-likeness (QED) is 0.755. The second-order valence-corrected chi connectivity index (χ2v) is 4.74. The van der Waals surface area contributed by atoms with Crippen LogP contribution in [0.2, 0.25) is 0 Å². The van der Waals surface area contributed by atoms with E-state index in [0.29, 0.717) is 6.04 Å². The Labute approximate surface area is 95.3 Å². The lowest BCUT2D eigenvalue weighted by Gasteiger charge is -2.21. The number of hydrogen-bond donors (Lipinski definition) is 2. The summed E-state index contributed by atoms with van der Waals surface area (Å²) in [6, 6.07) is 0.476. The highest BCUT2D eigenvalue weighted by molar-refractivity contribution is 8.13. The van der Waals surface area contributed by atoms with Crippen molar-refractivity contribution in [2.24, 2.45) is 4.99 Å². The standard InChI is InChI=1S/C10H19N3OS/c1-3-5-11-9(14)7-12-10-13-8(2)4-6-15-10/h8H,3-7H2,1-2H3,(H,11,14)(H,12,13). The summed E-state index contributed by atoms with van der Waals surface area (Å²) in [5, 5.41) is 6.96. The average molecular weight is 229 g/mol. The summed E-state index contributed by atoms with van der Waals surface area (Å²) in [4.78, 5) is 15.5. The number of carbonyl (C=O) groups is 1. The predicted octanol–water partition coefficient (Wildman–Crippen LogP) is 0.984. The number of amides is 1. The van der Waals surface area contributed by atoms with Crippen molar-refractivity contribution >= 4 is 22.8 Å². The van der Waals surface area contributed by atoms with Crippen LogP contribution in [0.25, 0.3) is 0 Å². The number of aliphatic imine (C=N–C) groups is 1. The van der Waals surface area contributed by atoms with Gasteiger partial charge in [-0.25, -0.2) is 0 Å². The molecule has 1 aliphatic rings. The van der Waals surface area contributed by atoms with Crippen molar-refractivity contribution in [3.8, 4) is 0 Å². The van der Waals surface area contributed by atoms with E-state index in [1.54, 1.807) is 11.8 Å². The maximum atomic E-state index is 11.3. The van der Waals surface area contributed by atoms with Crippen molar-refractivity contribution in [2.45, 2.75) is 32.7 Å². The first kappa shape index (κ1) is 12.4. The van der Waals surface area contributed by atoms with Crippen molar-refractivity contribution < 1.29 is 4.79 Å². The Morgan fingerprint density at radius 2 is 2.53 bits per heavy atom. The molecule has 0 radical (unpaired) electrons. The molecule has 0 spiro atoms. The van der Waals surface area contributed by atoms with E-state index in [1.807, 2.05) is 6.92 Å². The molecule has 86 valence electrons. The van der Waals surface area contributed by atoms with Gasteiger partial charge in [0.25, 0.3) is 0 Å². The van der Waals surface area contributed by atoms with Crippen LogP contribution in [0.1, 0.15) is 26.7 Å². The third kappa shape index (κ3) is 5.06. The maximum Gasteiger partial charge on any atom is 0.241 e. The fourth-order valence-electron chi connectivity index (χ4n) is 1.21. The molecule has 1 rings (SSSR count). The van der Waals surface area contributed by atoms with Crippen LogP contribution < -0.4 is 10.6 Å². The van der Waals surface area contributed by atoms with E-state index in [0.717, 1.165) is 30.3 Å². The van der Waals surface area contributed by atoms with E-state index in [1.165, 1.54) is 0 Å². The zero-order valence-corrected chi connectivity index (χ0v) is 10.2. The minimum Gasteiger partial charge on any atom is -0.362 e. The van der Waals surface area contributed by atoms with Gasteiger partial charge in [-0.05, 0) is 19.8 Å². The second kappa shape index (κ2) is 6.71. The van der Waals surface area contributed by atoms with Crippen LogP contribution in [0.4, 0.5) is 0 Å². The number of amidine groups is 1. The van der Waals surface area contributed by atoms with Gasteiger partial charge in [-0.3, -0.25) is 9.79 Å². The summed E-state index contributed by atoms with van der Waals surface area (Å²) in [6.07, 6.45) is 2.12. The fourth-order valence-corrected chi connectivity index (χ4v) is 2.32. The molecule has 1 fully saturated rings. The van der Waals surface area contributed by atoms with Gasteiger partial charge in [0, 0.05) is 18.3 Å². The number of rotatable bonds is 4. The van der Waals surface area contributed by atoms with E-state index in [2.05, 4.69) is 22.5 Å². The third-order valence-electron chi connectivity index (χ3n) is 2.10. The van der Waals surface area contributed by atoms with Gasteiger partial charge in [0.05, 0.1) is 0 Å². The highest BCUT2D eigenvalue weighted by Gasteiger charge is 2.12. The van der Waals surface area contributed by atoms with E-state index in [-0.39, 0.29) is 12.5 Å². The average Bonchev–Trinajstić information content (AvgIpc) is 2.23. The van der Waals surface area contributed by atoms with Crippen LogP contribution in [0, 0.1) is 0 Å².